The number of para-hydroxylation sites is 1. The van der Waals surface area contributed by atoms with E-state index >= 15 is 0 Å². The molecule has 0 saturated carbocycles. The van der Waals surface area contributed by atoms with Crippen molar-refractivity contribution in [2.75, 3.05) is 7.11 Å². The Morgan fingerprint density at radius 2 is 1.77 bits per heavy atom. The molecule has 0 radical (unpaired) electrons. The van der Waals surface area contributed by atoms with Gasteiger partial charge in [0, 0.05) is 6.07 Å². The molecule has 0 fully saturated rings. The first-order valence-electron chi connectivity index (χ1n) is 6.17. The maximum atomic E-state index is 12.0. The van der Waals surface area contributed by atoms with Crippen LogP contribution >= 0.6 is 0 Å². The van der Waals surface area contributed by atoms with Gasteiger partial charge in [0.05, 0.1) is 17.6 Å². The average molecular weight is 301 g/mol. The lowest BCUT2D eigenvalue weighted by Crippen LogP contribution is -2.11. The van der Waals surface area contributed by atoms with Gasteiger partial charge in [-0.1, -0.05) is 18.2 Å². The van der Waals surface area contributed by atoms with Crippen molar-refractivity contribution in [2.24, 2.45) is 0 Å². The van der Waals surface area contributed by atoms with Gasteiger partial charge in [-0.25, -0.2) is 9.59 Å². The topological polar surface area (TPSA) is 95.7 Å². The molecule has 0 amide bonds. The van der Waals surface area contributed by atoms with Crippen LogP contribution < -0.4 is 4.74 Å². The molecule has 0 spiro atoms. The molecule has 0 aliphatic rings. The molecule has 0 aliphatic carbocycles. The summed E-state index contributed by atoms with van der Waals surface area (Å²) in [6.45, 7) is 0. The summed E-state index contributed by atoms with van der Waals surface area (Å²) in [6.07, 6.45) is 0. The van der Waals surface area contributed by atoms with Crippen molar-refractivity contribution in [3.63, 3.8) is 0 Å². The average Bonchev–Trinajstić information content (AvgIpc) is 2.54. The fraction of sp³-hybridized carbons (Fsp3) is 0.0667. The number of rotatable bonds is 4. The second-order valence-electron chi connectivity index (χ2n) is 4.18. The number of nitro benzene ring substituents is 1. The first kappa shape index (κ1) is 15.2. The van der Waals surface area contributed by atoms with Gasteiger partial charge < -0.3 is 9.47 Å². The number of nitrogens with zero attached hydrogens (tertiary/aromatic N) is 1. The summed E-state index contributed by atoms with van der Waals surface area (Å²) < 4.78 is 9.64. The number of ether oxygens (including phenoxy) is 2. The molecule has 0 heterocycles. The van der Waals surface area contributed by atoms with E-state index in [1.807, 2.05) is 0 Å². The molecule has 0 N–H and O–H groups in total. The van der Waals surface area contributed by atoms with Crippen molar-refractivity contribution in [3.8, 4) is 5.75 Å². The fourth-order valence-electron chi connectivity index (χ4n) is 1.77. The van der Waals surface area contributed by atoms with Gasteiger partial charge in [-0.2, -0.15) is 0 Å². The van der Waals surface area contributed by atoms with E-state index in [0.717, 1.165) is 0 Å². The molecule has 0 saturated heterocycles. The van der Waals surface area contributed by atoms with Crippen LogP contribution in [0.2, 0.25) is 0 Å². The zero-order valence-corrected chi connectivity index (χ0v) is 11.5. The molecule has 7 heteroatoms. The molecule has 22 heavy (non-hydrogen) atoms. The molecule has 0 unspecified atom stereocenters. The predicted molar refractivity (Wildman–Crippen MR) is 75.8 cm³/mol. The maximum Gasteiger partial charge on any atom is 0.350 e. The third kappa shape index (κ3) is 3.26. The summed E-state index contributed by atoms with van der Waals surface area (Å²) in [5, 5.41) is 10.9. The summed E-state index contributed by atoms with van der Waals surface area (Å²) in [5.41, 5.74) is -0.317. The molecule has 0 atom stereocenters. The van der Waals surface area contributed by atoms with E-state index in [1.54, 1.807) is 0 Å². The Bertz CT molecular complexity index is 740. The van der Waals surface area contributed by atoms with E-state index in [9.17, 15) is 19.7 Å². The van der Waals surface area contributed by atoms with Gasteiger partial charge in [0.1, 0.15) is 11.3 Å². The fourth-order valence-corrected chi connectivity index (χ4v) is 1.77. The van der Waals surface area contributed by atoms with Crippen LogP contribution in [0.3, 0.4) is 0 Å². The Balaban J connectivity index is 2.26. The summed E-state index contributed by atoms with van der Waals surface area (Å²) in [5.74, 6) is -1.37. The minimum absolute atomic E-state index is 0.0889. The molecule has 0 aliphatic heterocycles. The molecule has 0 bridgehead atoms. The van der Waals surface area contributed by atoms with Crippen molar-refractivity contribution < 1.29 is 24.0 Å². The molecular formula is C15H11NO6. The standard InChI is InChI=1S/C15H11NO6/c1-21-14(17)10-5-4-6-11(9-10)22-15(18)12-7-2-3-8-13(12)16(19)20/h2-9H,1H3. The Labute approximate surface area is 125 Å². The maximum absolute atomic E-state index is 12.0. The largest absolute Gasteiger partial charge is 0.465 e. The summed E-state index contributed by atoms with van der Waals surface area (Å²) >= 11 is 0. The number of benzene rings is 2. The summed E-state index contributed by atoms with van der Waals surface area (Å²) in [6, 6.07) is 11.2. The number of nitro groups is 1. The molecule has 7 nitrogen and oxygen atoms in total. The van der Waals surface area contributed by atoms with Gasteiger partial charge in [0.25, 0.3) is 5.69 Å². The summed E-state index contributed by atoms with van der Waals surface area (Å²) in [4.78, 5) is 33.7. The van der Waals surface area contributed by atoms with Crippen LogP contribution in [0.4, 0.5) is 5.69 Å². The minimum atomic E-state index is -0.880. The van der Waals surface area contributed by atoms with Gasteiger partial charge in [-0.05, 0) is 24.3 Å². The van der Waals surface area contributed by atoms with Crippen LogP contribution in [-0.4, -0.2) is 24.0 Å². The van der Waals surface area contributed by atoms with E-state index in [2.05, 4.69) is 4.74 Å². The van der Waals surface area contributed by atoms with Crippen molar-refractivity contribution in [2.45, 2.75) is 0 Å². The van der Waals surface area contributed by atoms with Crippen molar-refractivity contribution in [1.82, 2.24) is 0 Å². The van der Waals surface area contributed by atoms with Crippen molar-refractivity contribution in [3.05, 3.63) is 69.8 Å². The lowest BCUT2D eigenvalue weighted by molar-refractivity contribution is -0.385. The molecule has 2 aromatic rings. The molecule has 0 aromatic heterocycles. The molecular weight excluding hydrogens is 290 g/mol. The lowest BCUT2D eigenvalue weighted by Gasteiger charge is -2.06. The Morgan fingerprint density at radius 1 is 1.05 bits per heavy atom. The van der Waals surface area contributed by atoms with E-state index in [-0.39, 0.29) is 22.6 Å². The highest BCUT2D eigenvalue weighted by Gasteiger charge is 2.21. The van der Waals surface area contributed by atoms with Crippen LogP contribution in [-0.2, 0) is 4.74 Å². The Morgan fingerprint density at radius 3 is 2.45 bits per heavy atom. The minimum Gasteiger partial charge on any atom is -0.465 e. The normalized spacial score (nSPS) is 9.86. The highest BCUT2D eigenvalue weighted by Crippen LogP contribution is 2.21. The zero-order chi connectivity index (χ0) is 16.1. The highest BCUT2D eigenvalue weighted by atomic mass is 16.6. The van der Waals surface area contributed by atoms with Crippen molar-refractivity contribution in [1.29, 1.82) is 0 Å². The smallest absolute Gasteiger partial charge is 0.350 e. The van der Waals surface area contributed by atoms with Crippen LogP contribution in [0.1, 0.15) is 20.7 Å². The second-order valence-corrected chi connectivity index (χ2v) is 4.18. The first-order chi connectivity index (χ1) is 10.5. The van der Waals surface area contributed by atoms with E-state index in [1.165, 1.54) is 55.6 Å². The van der Waals surface area contributed by atoms with Crippen molar-refractivity contribution >= 4 is 17.6 Å². The monoisotopic (exact) mass is 301 g/mol. The van der Waals surface area contributed by atoms with Gasteiger partial charge >= 0.3 is 11.9 Å². The molecule has 2 aromatic carbocycles. The third-order valence-electron chi connectivity index (χ3n) is 2.79. The lowest BCUT2D eigenvalue weighted by atomic mass is 10.2. The predicted octanol–water partition coefficient (Wildman–Crippen LogP) is 2.60. The molecule has 112 valence electrons. The summed E-state index contributed by atoms with van der Waals surface area (Å²) in [7, 11) is 1.23. The number of carbonyl (C=O) groups is 2. The highest BCUT2D eigenvalue weighted by molar-refractivity contribution is 5.95. The van der Waals surface area contributed by atoms with E-state index in [0.29, 0.717) is 0 Å². The zero-order valence-electron chi connectivity index (χ0n) is 11.5. The third-order valence-corrected chi connectivity index (χ3v) is 2.79. The second kappa shape index (κ2) is 6.49. The Kier molecular flexibility index (Phi) is 4.47. The molecule has 2 rings (SSSR count). The number of esters is 2. The SMILES string of the molecule is COC(=O)c1cccc(OC(=O)c2ccccc2[N+](=O)[O-])c1. The van der Waals surface area contributed by atoms with Crippen LogP contribution in [0.15, 0.2) is 48.5 Å². The van der Waals surface area contributed by atoms with Gasteiger partial charge in [0.15, 0.2) is 0 Å². The quantitative estimate of drug-likeness (QED) is 0.373. The van der Waals surface area contributed by atoms with Crippen LogP contribution in [0.25, 0.3) is 0 Å². The van der Waals surface area contributed by atoms with Gasteiger partial charge in [0.2, 0.25) is 0 Å². The van der Waals surface area contributed by atoms with Crippen LogP contribution in [0, 0.1) is 10.1 Å². The van der Waals surface area contributed by atoms with E-state index in [4.69, 9.17) is 4.74 Å². The number of carbonyl (C=O) groups excluding carboxylic acids is 2. The number of hydrogen-bond acceptors (Lipinski definition) is 6. The van der Waals surface area contributed by atoms with Crippen LogP contribution in [0.5, 0.6) is 5.75 Å². The number of methoxy groups -OCH3 is 1. The number of hydrogen-bond donors (Lipinski definition) is 0. The van der Waals surface area contributed by atoms with Gasteiger partial charge in [-0.15, -0.1) is 0 Å². The Hall–Kier alpha value is -3.22. The first-order valence-corrected chi connectivity index (χ1v) is 6.17. The van der Waals surface area contributed by atoms with Gasteiger partial charge in [-0.3, -0.25) is 10.1 Å². The van der Waals surface area contributed by atoms with E-state index < -0.39 is 16.9 Å².